The number of aliphatic hydroxyl groups is 2. The molecule has 1 saturated heterocycles. The van der Waals surface area contributed by atoms with Gasteiger partial charge in [0.1, 0.15) is 24.7 Å². The fourth-order valence-corrected chi connectivity index (χ4v) is 7.78. The van der Waals surface area contributed by atoms with Crippen molar-refractivity contribution in [3.63, 3.8) is 0 Å². The summed E-state index contributed by atoms with van der Waals surface area (Å²) in [6.45, 7) is 11.8. The molecule has 2 aromatic carbocycles. The number of aliphatic hydroxyl groups excluding tert-OH is 2. The van der Waals surface area contributed by atoms with Gasteiger partial charge in [0, 0.05) is 12.8 Å². The molecule has 0 spiro atoms. The SMILES string of the molecule is Nc1nc(N)c(C(=O)NC2CCC[N+](CCCc3ccc(OCCOCCOCCOCCOCCO)cc3)(CCCc3ccc(OCCOCCOCCOCCOCCO)cc3)C2)nc1Cl. The molecule has 4 rings (SSSR count). The number of halogens is 1. The Hall–Kier alpha value is -3.96. The predicted octanol–water partition coefficient (Wildman–Crippen LogP) is 3.14. The number of ether oxygens (including phenoxy) is 10. The second-order valence-corrected chi connectivity index (χ2v) is 16.5. The van der Waals surface area contributed by atoms with E-state index in [0.717, 1.165) is 80.7 Å². The molecule has 0 aliphatic carbocycles. The highest BCUT2D eigenvalue weighted by Gasteiger charge is 2.35. The van der Waals surface area contributed by atoms with Crippen LogP contribution >= 0.6 is 11.6 Å². The first-order valence-electron chi connectivity index (χ1n) is 23.8. The van der Waals surface area contributed by atoms with Crippen LogP contribution in [0.15, 0.2) is 48.5 Å². The molecule has 0 bridgehead atoms. The number of nitrogens with one attached hydrogen (secondary N) is 1. The van der Waals surface area contributed by atoms with Gasteiger partial charge in [-0.1, -0.05) is 35.9 Å². The molecular weight excluding hydrogens is 904 g/mol. The molecule has 1 aliphatic heterocycles. The summed E-state index contributed by atoms with van der Waals surface area (Å²) in [5.74, 6) is 1.12. The molecule has 2 heterocycles. The van der Waals surface area contributed by atoms with Crippen molar-refractivity contribution in [1.82, 2.24) is 15.3 Å². The number of aromatic nitrogens is 2. The minimum atomic E-state index is -0.404. The van der Waals surface area contributed by atoms with Gasteiger partial charge in [-0.2, -0.15) is 0 Å². The van der Waals surface area contributed by atoms with Crippen molar-refractivity contribution >= 4 is 29.1 Å². The smallest absolute Gasteiger partial charge is 0.274 e. The molecule has 1 unspecified atom stereocenters. The van der Waals surface area contributed by atoms with Crippen molar-refractivity contribution in [1.29, 1.82) is 0 Å². The number of piperidine rings is 1. The van der Waals surface area contributed by atoms with E-state index in [1.54, 1.807) is 0 Å². The van der Waals surface area contributed by atoms with Gasteiger partial charge in [-0.25, -0.2) is 9.97 Å². The molecule has 19 nitrogen and oxygen atoms in total. The number of nitrogen functional groups attached to an aromatic ring is 2. The molecule has 382 valence electrons. The average Bonchev–Trinajstić information content (AvgIpc) is 3.34. The number of likely N-dealkylation sites (tertiary alicyclic amines) is 1. The van der Waals surface area contributed by atoms with E-state index in [1.807, 2.05) is 24.3 Å². The topological polar surface area (TPSA) is 240 Å². The fraction of sp³-hybridized carbons (Fsp3) is 0.646. The number of nitrogens with two attached hydrogens (primary N) is 2. The van der Waals surface area contributed by atoms with Crippen LogP contribution in [0, 0.1) is 0 Å². The lowest BCUT2D eigenvalue weighted by Gasteiger charge is -2.45. The Bertz CT molecular complexity index is 1690. The van der Waals surface area contributed by atoms with Gasteiger partial charge in [0.15, 0.2) is 22.5 Å². The van der Waals surface area contributed by atoms with Gasteiger partial charge in [-0.05, 0) is 61.1 Å². The Labute approximate surface area is 406 Å². The average molecular weight is 981 g/mol. The Balaban J connectivity index is 1.17. The summed E-state index contributed by atoms with van der Waals surface area (Å²) in [4.78, 5) is 21.5. The number of quaternary nitrogens is 1. The molecule has 20 heteroatoms. The summed E-state index contributed by atoms with van der Waals surface area (Å²) >= 11 is 6.10. The Morgan fingerprint density at radius 3 is 1.40 bits per heavy atom. The number of hydrogen-bond acceptors (Lipinski definition) is 17. The molecule has 68 heavy (non-hydrogen) atoms. The van der Waals surface area contributed by atoms with E-state index in [-0.39, 0.29) is 41.7 Å². The van der Waals surface area contributed by atoms with Gasteiger partial charge < -0.3 is 78.8 Å². The molecule has 0 saturated carbocycles. The quantitative estimate of drug-likeness (QED) is 0.0406. The van der Waals surface area contributed by atoms with E-state index in [0.29, 0.717) is 119 Å². The molecular formula is C48H76ClN6O13+. The molecule has 7 N–H and O–H groups in total. The van der Waals surface area contributed by atoms with Crippen LogP contribution in [0.1, 0.15) is 47.3 Å². The van der Waals surface area contributed by atoms with Gasteiger partial charge >= 0.3 is 0 Å². The lowest BCUT2D eigenvalue weighted by molar-refractivity contribution is -0.933. The normalized spacial score (nSPS) is 14.5. The van der Waals surface area contributed by atoms with E-state index in [1.165, 1.54) is 11.1 Å². The number of hydrogen-bond donors (Lipinski definition) is 5. The summed E-state index contributed by atoms with van der Waals surface area (Å²) in [7, 11) is 0. The molecule has 0 radical (unpaired) electrons. The lowest BCUT2D eigenvalue weighted by atomic mass is 9.99. The van der Waals surface area contributed by atoms with E-state index in [2.05, 4.69) is 39.6 Å². The van der Waals surface area contributed by atoms with Crippen molar-refractivity contribution in [2.24, 2.45) is 0 Å². The fourth-order valence-electron chi connectivity index (χ4n) is 7.65. The second-order valence-electron chi connectivity index (χ2n) is 16.2. The molecule has 1 aromatic heterocycles. The summed E-state index contributed by atoms with van der Waals surface area (Å²) in [5.41, 5.74) is 14.2. The van der Waals surface area contributed by atoms with Gasteiger partial charge in [-0.15, -0.1) is 0 Å². The third-order valence-electron chi connectivity index (χ3n) is 11.0. The van der Waals surface area contributed by atoms with Gasteiger partial charge in [0.2, 0.25) is 0 Å². The predicted molar refractivity (Wildman–Crippen MR) is 257 cm³/mol. The van der Waals surface area contributed by atoms with E-state index in [9.17, 15) is 4.79 Å². The first-order chi connectivity index (χ1) is 33.3. The van der Waals surface area contributed by atoms with Gasteiger partial charge in [0.05, 0.1) is 151 Å². The molecule has 1 amide bonds. The first kappa shape index (κ1) is 56.6. The number of rotatable bonds is 40. The van der Waals surface area contributed by atoms with Crippen molar-refractivity contribution in [2.75, 3.05) is 170 Å². The number of anilines is 2. The number of benzene rings is 2. The maximum atomic E-state index is 13.4. The van der Waals surface area contributed by atoms with Crippen LogP contribution in [0.4, 0.5) is 11.6 Å². The van der Waals surface area contributed by atoms with Gasteiger partial charge in [-0.3, -0.25) is 4.79 Å². The highest BCUT2D eigenvalue weighted by atomic mass is 35.5. The molecule has 1 atom stereocenters. The van der Waals surface area contributed by atoms with E-state index in [4.69, 9.17) is 80.6 Å². The number of carbonyl (C=O) groups excluding carboxylic acids is 1. The van der Waals surface area contributed by atoms with E-state index >= 15 is 0 Å². The maximum Gasteiger partial charge on any atom is 0.274 e. The van der Waals surface area contributed by atoms with Crippen LogP contribution in [0.5, 0.6) is 11.5 Å². The zero-order chi connectivity index (χ0) is 48.3. The van der Waals surface area contributed by atoms with Crippen molar-refractivity contribution in [2.45, 2.75) is 44.6 Å². The maximum absolute atomic E-state index is 13.4. The zero-order valence-corrected chi connectivity index (χ0v) is 40.4. The van der Waals surface area contributed by atoms with Crippen LogP contribution in [-0.4, -0.2) is 195 Å². The monoisotopic (exact) mass is 980 g/mol. The summed E-state index contributed by atoms with van der Waals surface area (Å²) in [5, 5.41) is 20.5. The van der Waals surface area contributed by atoms with Crippen LogP contribution in [0.2, 0.25) is 5.15 Å². The highest BCUT2D eigenvalue weighted by Crippen LogP contribution is 2.25. The third kappa shape index (κ3) is 24.0. The molecule has 1 aliphatic rings. The van der Waals surface area contributed by atoms with Gasteiger partial charge in [0.25, 0.3) is 5.91 Å². The minimum absolute atomic E-state index is 0.00887. The van der Waals surface area contributed by atoms with Crippen LogP contribution in [0.25, 0.3) is 0 Å². The van der Waals surface area contributed by atoms with E-state index < -0.39 is 5.91 Å². The third-order valence-corrected chi connectivity index (χ3v) is 11.3. The lowest BCUT2D eigenvalue weighted by Crippen LogP contribution is -2.60. The molecule has 1 fully saturated rings. The summed E-state index contributed by atoms with van der Waals surface area (Å²) in [6, 6.07) is 16.4. The highest BCUT2D eigenvalue weighted by molar-refractivity contribution is 6.31. The van der Waals surface area contributed by atoms with Crippen LogP contribution in [-0.2, 0) is 50.7 Å². The Morgan fingerprint density at radius 2 is 0.985 bits per heavy atom. The van der Waals surface area contributed by atoms with Crippen molar-refractivity contribution in [3.05, 3.63) is 70.5 Å². The summed E-state index contributed by atoms with van der Waals surface area (Å²) < 4.78 is 56.1. The minimum Gasteiger partial charge on any atom is -0.491 e. The van der Waals surface area contributed by atoms with Crippen molar-refractivity contribution < 1.29 is 66.9 Å². The number of amides is 1. The Morgan fingerprint density at radius 1 is 0.588 bits per heavy atom. The van der Waals surface area contributed by atoms with Crippen LogP contribution in [0.3, 0.4) is 0 Å². The van der Waals surface area contributed by atoms with Crippen LogP contribution < -0.4 is 26.3 Å². The zero-order valence-electron chi connectivity index (χ0n) is 39.7. The summed E-state index contributed by atoms with van der Waals surface area (Å²) in [6.07, 6.45) is 5.61. The first-order valence-corrected chi connectivity index (χ1v) is 24.2. The number of nitrogens with zero attached hydrogens (tertiary/aromatic N) is 3. The standard InChI is InChI=1S/C48H75ClN6O13/c49-45-47(51)54-46(50)44(53-45)48(58)52-41-6-3-17-55(38-41,15-1-4-39-7-11-42(12-8-39)67-36-34-65-32-30-63-28-26-61-24-22-59-20-18-56)16-2-5-40-9-13-43(14-10-40)68-37-35-66-33-31-64-29-27-62-25-23-60-21-19-57/h7-14,41,56-57H,1-6,15-38H2,(H4-,50,51,52,54,58)/p+1. The largest absolute Gasteiger partial charge is 0.491 e. The number of aryl methyl sites for hydroxylation is 2. The number of carbonyl (C=O) groups is 1. The molecule has 3 aromatic rings. The second kappa shape index (κ2) is 35.2. The van der Waals surface area contributed by atoms with Crippen molar-refractivity contribution in [3.8, 4) is 11.5 Å². The Kier molecular flexibility index (Phi) is 29.3.